The van der Waals surface area contributed by atoms with Gasteiger partial charge < -0.3 is 24.6 Å². The van der Waals surface area contributed by atoms with E-state index in [1.54, 1.807) is 37.3 Å². The lowest BCUT2D eigenvalue weighted by Crippen LogP contribution is -2.34. The molecular formula is C25H21ClFNO6. The summed E-state index contributed by atoms with van der Waals surface area (Å²) in [6.45, 7) is 2.04. The van der Waals surface area contributed by atoms with E-state index in [0.717, 1.165) is 11.6 Å². The molecule has 1 atom stereocenters. The van der Waals surface area contributed by atoms with Gasteiger partial charge in [0.25, 0.3) is 5.91 Å². The topological polar surface area (TPSA) is 94.1 Å². The summed E-state index contributed by atoms with van der Waals surface area (Å²) < 4.78 is 31.6. The number of para-hydroxylation sites is 2. The van der Waals surface area contributed by atoms with Gasteiger partial charge >= 0.3 is 5.97 Å². The lowest BCUT2D eigenvalue weighted by atomic mass is 10.0. The Morgan fingerprint density at radius 3 is 2.71 bits per heavy atom. The number of fused-ring (bicyclic) bond motifs is 1. The van der Waals surface area contributed by atoms with Crippen LogP contribution >= 0.6 is 11.6 Å². The number of nitrogens with one attached hydrogen (secondary N) is 1. The van der Waals surface area contributed by atoms with E-state index in [1.807, 2.05) is 12.1 Å². The second-order valence-corrected chi connectivity index (χ2v) is 8.14. The maximum Gasteiger partial charge on any atom is 0.307 e. The molecule has 0 fully saturated rings. The molecule has 1 aliphatic rings. The highest BCUT2D eigenvalue weighted by molar-refractivity contribution is 6.34. The van der Waals surface area contributed by atoms with E-state index in [4.69, 9.17) is 30.9 Å². The monoisotopic (exact) mass is 485 g/mol. The number of carbonyl (C=O) groups is 2. The lowest BCUT2D eigenvalue weighted by molar-refractivity contribution is -0.136. The van der Waals surface area contributed by atoms with Crippen molar-refractivity contribution >= 4 is 29.2 Å². The van der Waals surface area contributed by atoms with Gasteiger partial charge in [0.15, 0.2) is 29.2 Å². The van der Waals surface area contributed by atoms with E-state index in [1.165, 1.54) is 6.07 Å². The molecule has 0 aromatic heterocycles. The SMILES string of the molecule is Cc1ccc(NC(=O)c2cc(F)c(OC[C@@H]3COc4ccccc4O3)cc2Cl)cc1CC(=O)O. The van der Waals surface area contributed by atoms with Crippen molar-refractivity contribution in [3.63, 3.8) is 0 Å². The van der Waals surface area contributed by atoms with Gasteiger partial charge in [-0.05, 0) is 48.4 Å². The first-order valence-corrected chi connectivity index (χ1v) is 10.8. The molecule has 1 amide bonds. The summed E-state index contributed by atoms with van der Waals surface area (Å²) in [5.74, 6) is -1.30. The molecule has 0 bridgehead atoms. The Bertz CT molecular complexity index is 1250. The summed E-state index contributed by atoms with van der Waals surface area (Å²) in [5.41, 5.74) is 1.63. The molecule has 34 heavy (non-hydrogen) atoms. The maximum atomic E-state index is 14.7. The number of carboxylic acids is 1. The Labute approximate surface area is 200 Å². The minimum absolute atomic E-state index is 0.00192. The number of hydrogen-bond donors (Lipinski definition) is 2. The summed E-state index contributed by atoms with van der Waals surface area (Å²) in [7, 11) is 0. The molecule has 9 heteroatoms. The van der Waals surface area contributed by atoms with Gasteiger partial charge in [-0.3, -0.25) is 9.59 Å². The summed E-state index contributed by atoms with van der Waals surface area (Å²) in [6, 6.07) is 14.3. The quantitative estimate of drug-likeness (QED) is 0.495. The number of aliphatic carboxylic acids is 1. The van der Waals surface area contributed by atoms with E-state index >= 15 is 0 Å². The molecule has 0 unspecified atom stereocenters. The molecule has 0 aliphatic carbocycles. The predicted molar refractivity (Wildman–Crippen MR) is 124 cm³/mol. The number of benzene rings is 3. The summed E-state index contributed by atoms with van der Waals surface area (Å²) >= 11 is 6.24. The van der Waals surface area contributed by atoms with E-state index in [9.17, 15) is 14.0 Å². The van der Waals surface area contributed by atoms with Crippen molar-refractivity contribution in [2.45, 2.75) is 19.4 Å². The van der Waals surface area contributed by atoms with Crippen LogP contribution < -0.4 is 19.5 Å². The number of ether oxygens (including phenoxy) is 3. The highest BCUT2D eigenvalue weighted by Crippen LogP contribution is 2.32. The van der Waals surface area contributed by atoms with Gasteiger partial charge in [0.1, 0.15) is 13.2 Å². The Balaban J connectivity index is 1.42. The van der Waals surface area contributed by atoms with E-state index < -0.39 is 23.8 Å². The van der Waals surface area contributed by atoms with Gasteiger partial charge in [0.05, 0.1) is 17.0 Å². The number of hydrogen-bond acceptors (Lipinski definition) is 5. The molecular weight excluding hydrogens is 465 g/mol. The number of anilines is 1. The van der Waals surface area contributed by atoms with Crippen LogP contribution in [0, 0.1) is 12.7 Å². The molecule has 3 aromatic carbocycles. The van der Waals surface area contributed by atoms with Crippen molar-refractivity contribution in [2.24, 2.45) is 0 Å². The van der Waals surface area contributed by atoms with Crippen LogP contribution in [0.15, 0.2) is 54.6 Å². The van der Waals surface area contributed by atoms with Gasteiger partial charge in [0.2, 0.25) is 0 Å². The predicted octanol–water partition coefficient (Wildman–Crippen LogP) is 4.89. The highest BCUT2D eigenvalue weighted by atomic mass is 35.5. The summed E-state index contributed by atoms with van der Waals surface area (Å²) in [5, 5.41) is 11.6. The largest absolute Gasteiger partial charge is 0.486 e. The number of carbonyl (C=O) groups excluding carboxylic acids is 1. The lowest BCUT2D eigenvalue weighted by Gasteiger charge is -2.26. The van der Waals surface area contributed by atoms with Crippen LogP contribution in [0.1, 0.15) is 21.5 Å². The number of halogens is 2. The van der Waals surface area contributed by atoms with Crippen LogP contribution in [0.4, 0.5) is 10.1 Å². The van der Waals surface area contributed by atoms with Crippen LogP contribution in [-0.2, 0) is 11.2 Å². The summed E-state index contributed by atoms with van der Waals surface area (Å²) in [6.07, 6.45) is -0.629. The van der Waals surface area contributed by atoms with Crippen LogP contribution in [0.3, 0.4) is 0 Å². The minimum Gasteiger partial charge on any atom is -0.486 e. The average molecular weight is 486 g/mol. The zero-order valence-corrected chi connectivity index (χ0v) is 18.9. The van der Waals surface area contributed by atoms with Crippen molar-refractivity contribution in [1.29, 1.82) is 0 Å². The zero-order chi connectivity index (χ0) is 24.2. The third-order valence-electron chi connectivity index (χ3n) is 5.21. The minimum atomic E-state index is -0.985. The molecule has 0 saturated heterocycles. The van der Waals surface area contributed by atoms with Gasteiger partial charge in [-0.2, -0.15) is 0 Å². The Morgan fingerprint density at radius 2 is 1.94 bits per heavy atom. The Hall–Kier alpha value is -3.78. The molecule has 4 rings (SSSR count). The zero-order valence-electron chi connectivity index (χ0n) is 18.1. The molecule has 0 spiro atoms. The second kappa shape index (κ2) is 10.0. The third kappa shape index (κ3) is 5.40. The maximum absolute atomic E-state index is 14.7. The highest BCUT2D eigenvalue weighted by Gasteiger charge is 2.23. The normalized spacial score (nSPS) is 14.4. The molecule has 1 heterocycles. The standard InChI is InChI=1S/C25H21ClFNO6/c1-14-6-7-16(8-15(14)9-24(29)30)28-25(31)18-10-20(27)23(11-19(18)26)33-13-17-12-32-21-4-2-3-5-22(21)34-17/h2-8,10-11,17H,9,12-13H2,1H3,(H,28,31)(H,29,30)/t17-/m0/s1. The fourth-order valence-electron chi connectivity index (χ4n) is 3.44. The van der Waals surface area contributed by atoms with Crippen molar-refractivity contribution in [3.05, 3.63) is 82.1 Å². The van der Waals surface area contributed by atoms with Crippen LogP contribution in [0.25, 0.3) is 0 Å². The first-order valence-electron chi connectivity index (χ1n) is 10.4. The molecule has 0 radical (unpaired) electrons. The molecule has 2 N–H and O–H groups in total. The van der Waals surface area contributed by atoms with E-state index in [-0.39, 0.29) is 36.0 Å². The first kappa shape index (κ1) is 23.4. The fourth-order valence-corrected chi connectivity index (χ4v) is 3.68. The Morgan fingerprint density at radius 1 is 1.18 bits per heavy atom. The number of carboxylic acid groups (broad SMARTS) is 1. The third-order valence-corrected chi connectivity index (χ3v) is 5.52. The van der Waals surface area contributed by atoms with Gasteiger partial charge in [-0.25, -0.2) is 4.39 Å². The van der Waals surface area contributed by atoms with Gasteiger partial charge in [-0.15, -0.1) is 0 Å². The molecule has 1 aliphatic heterocycles. The van der Waals surface area contributed by atoms with Crippen molar-refractivity contribution in [3.8, 4) is 17.2 Å². The Kier molecular flexibility index (Phi) is 6.88. The number of aryl methyl sites for hydroxylation is 1. The van der Waals surface area contributed by atoms with Gasteiger partial charge in [0, 0.05) is 11.8 Å². The molecule has 7 nitrogen and oxygen atoms in total. The van der Waals surface area contributed by atoms with E-state index in [2.05, 4.69) is 5.32 Å². The second-order valence-electron chi connectivity index (χ2n) is 7.74. The molecule has 176 valence electrons. The van der Waals surface area contributed by atoms with Crippen LogP contribution in [-0.4, -0.2) is 36.3 Å². The van der Waals surface area contributed by atoms with E-state index in [0.29, 0.717) is 22.7 Å². The number of amides is 1. The van der Waals surface area contributed by atoms with Crippen LogP contribution in [0.2, 0.25) is 5.02 Å². The summed E-state index contributed by atoms with van der Waals surface area (Å²) in [4.78, 5) is 23.7. The average Bonchev–Trinajstić information content (AvgIpc) is 2.81. The smallest absolute Gasteiger partial charge is 0.307 e. The van der Waals surface area contributed by atoms with Gasteiger partial charge in [-0.1, -0.05) is 29.8 Å². The number of rotatable bonds is 7. The van der Waals surface area contributed by atoms with Crippen molar-refractivity contribution in [2.75, 3.05) is 18.5 Å². The molecule has 0 saturated carbocycles. The fraction of sp³-hybridized carbons (Fsp3) is 0.200. The molecule has 3 aromatic rings. The van der Waals surface area contributed by atoms with Crippen LogP contribution in [0.5, 0.6) is 17.2 Å². The van der Waals surface area contributed by atoms with Crippen molar-refractivity contribution < 1.29 is 33.3 Å². The van der Waals surface area contributed by atoms with Crippen molar-refractivity contribution in [1.82, 2.24) is 0 Å². The first-order chi connectivity index (χ1) is 16.3.